The highest BCUT2D eigenvalue weighted by atomic mass is 16.5. The summed E-state index contributed by atoms with van der Waals surface area (Å²) in [4.78, 5) is 8.89. The molecule has 0 atom stereocenters. The van der Waals surface area contributed by atoms with E-state index in [4.69, 9.17) is 15.3 Å². The Balaban J connectivity index is 2.29. The Bertz CT molecular complexity index is 594. The molecule has 0 aliphatic carbocycles. The quantitative estimate of drug-likeness (QED) is 0.624. The second-order valence-electron chi connectivity index (χ2n) is 4.52. The van der Waals surface area contributed by atoms with Crippen LogP contribution < -0.4 is 20.7 Å². The molecule has 2 aromatic rings. The van der Waals surface area contributed by atoms with Gasteiger partial charge in [0.2, 0.25) is 0 Å². The maximum atomic E-state index is 5.44. The molecule has 0 spiro atoms. The number of hydrogen-bond acceptors (Lipinski definition) is 6. The maximum absolute atomic E-state index is 5.44. The van der Waals surface area contributed by atoms with Crippen molar-refractivity contribution in [3.8, 4) is 11.5 Å². The van der Waals surface area contributed by atoms with E-state index < -0.39 is 0 Å². The first-order chi connectivity index (χ1) is 10.2. The van der Waals surface area contributed by atoms with Gasteiger partial charge in [0.25, 0.3) is 0 Å². The van der Waals surface area contributed by atoms with Crippen LogP contribution in [-0.2, 0) is 12.8 Å². The van der Waals surface area contributed by atoms with Crippen molar-refractivity contribution in [2.24, 2.45) is 5.84 Å². The van der Waals surface area contributed by atoms with Gasteiger partial charge in [0.15, 0.2) is 11.5 Å². The monoisotopic (exact) mass is 288 g/mol. The fourth-order valence-corrected chi connectivity index (χ4v) is 2.06. The highest BCUT2D eigenvalue weighted by Gasteiger charge is 2.08. The third-order valence-electron chi connectivity index (χ3n) is 3.15. The summed E-state index contributed by atoms with van der Waals surface area (Å²) in [5.74, 6) is 8.18. The number of rotatable bonds is 6. The molecule has 21 heavy (non-hydrogen) atoms. The lowest BCUT2D eigenvalue weighted by molar-refractivity contribution is 0.354. The second-order valence-corrected chi connectivity index (χ2v) is 4.52. The van der Waals surface area contributed by atoms with Crippen LogP contribution in [-0.4, -0.2) is 24.2 Å². The Morgan fingerprint density at radius 2 is 1.86 bits per heavy atom. The number of nitrogens with two attached hydrogens (primary N) is 1. The molecule has 2 rings (SSSR count). The molecular weight excluding hydrogens is 268 g/mol. The van der Waals surface area contributed by atoms with Gasteiger partial charge in [0.05, 0.1) is 14.2 Å². The maximum Gasteiger partial charge on any atom is 0.161 e. The molecule has 0 saturated carbocycles. The molecule has 0 aliphatic heterocycles. The molecule has 0 bridgehead atoms. The number of nitrogens with one attached hydrogen (secondary N) is 1. The Hall–Kier alpha value is -2.34. The Labute approximate surface area is 124 Å². The van der Waals surface area contributed by atoms with E-state index in [-0.39, 0.29) is 0 Å². The average Bonchev–Trinajstić information content (AvgIpc) is 2.54. The van der Waals surface area contributed by atoms with Crippen molar-refractivity contribution in [1.29, 1.82) is 0 Å². The standard InChI is InChI=1S/C15H20N4O2/c1-4-11-9-15(19-16)18-14(17-11)8-10-5-6-12(20-2)13(7-10)21-3/h5-7,9H,4,8,16H2,1-3H3,(H,17,18,19). The van der Waals surface area contributed by atoms with Crippen LogP contribution in [0.2, 0.25) is 0 Å². The number of nitrogens with zero attached hydrogens (tertiary/aromatic N) is 2. The van der Waals surface area contributed by atoms with E-state index in [9.17, 15) is 0 Å². The Morgan fingerprint density at radius 1 is 1.10 bits per heavy atom. The number of hydrogen-bond donors (Lipinski definition) is 2. The van der Waals surface area contributed by atoms with Gasteiger partial charge < -0.3 is 14.9 Å². The van der Waals surface area contributed by atoms with Crippen molar-refractivity contribution in [2.75, 3.05) is 19.6 Å². The van der Waals surface area contributed by atoms with E-state index in [0.717, 1.165) is 23.5 Å². The highest BCUT2D eigenvalue weighted by Crippen LogP contribution is 2.28. The largest absolute Gasteiger partial charge is 0.493 e. The van der Waals surface area contributed by atoms with E-state index >= 15 is 0 Å². The number of aromatic nitrogens is 2. The third-order valence-corrected chi connectivity index (χ3v) is 3.15. The molecule has 0 fully saturated rings. The first-order valence-corrected chi connectivity index (χ1v) is 6.74. The van der Waals surface area contributed by atoms with Gasteiger partial charge in [-0.2, -0.15) is 0 Å². The number of benzene rings is 1. The van der Waals surface area contributed by atoms with Crippen LogP contribution >= 0.6 is 0 Å². The molecule has 1 aromatic carbocycles. The lowest BCUT2D eigenvalue weighted by Gasteiger charge is -2.10. The minimum Gasteiger partial charge on any atom is -0.493 e. The van der Waals surface area contributed by atoms with E-state index in [1.165, 1.54) is 0 Å². The van der Waals surface area contributed by atoms with E-state index in [1.807, 2.05) is 31.2 Å². The smallest absolute Gasteiger partial charge is 0.161 e. The molecule has 1 aromatic heterocycles. The molecule has 112 valence electrons. The van der Waals surface area contributed by atoms with Crippen LogP contribution in [0.15, 0.2) is 24.3 Å². The molecule has 6 nitrogen and oxygen atoms in total. The lowest BCUT2D eigenvalue weighted by atomic mass is 10.1. The summed E-state index contributed by atoms with van der Waals surface area (Å²) >= 11 is 0. The number of ether oxygens (including phenoxy) is 2. The van der Waals surface area contributed by atoms with Crippen molar-refractivity contribution in [3.05, 3.63) is 41.3 Å². The van der Waals surface area contributed by atoms with Crippen molar-refractivity contribution < 1.29 is 9.47 Å². The highest BCUT2D eigenvalue weighted by molar-refractivity contribution is 5.44. The zero-order chi connectivity index (χ0) is 15.2. The molecule has 1 heterocycles. The van der Waals surface area contributed by atoms with Gasteiger partial charge in [0, 0.05) is 18.2 Å². The summed E-state index contributed by atoms with van der Waals surface area (Å²) in [5, 5.41) is 0. The summed E-state index contributed by atoms with van der Waals surface area (Å²) in [6.07, 6.45) is 1.43. The molecule has 0 saturated heterocycles. The summed E-state index contributed by atoms with van der Waals surface area (Å²) in [5.41, 5.74) is 4.57. The number of aryl methyl sites for hydroxylation is 1. The molecule has 0 aliphatic rings. The lowest BCUT2D eigenvalue weighted by Crippen LogP contribution is -2.11. The predicted molar refractivity (Wildman–Crippen MR) is 81.6 cm³/mol. The number of hydrazine groups is 1. The summed E-state index contributed by atoms with van der Waals surface area (Å²) in [7, 11) is 3.23. The van der Waals surface area contributed by atoms with Gasteiger partial charge in [0.1, 0.15) is 11.6 Å². The first-order valence-electron chi connectivity index (χ1n) is 6.74. The normalized spacial score (nSPS) is 10.3. The predicted octanol–water partition coefficient (Wildman–Crippen LogP) is 1.93. The zero-order valence-corrected chi connectivity index (χ0v) is 12.5. The fraction of sp³-hybridized carbons (Fsp3) is 0.333. The van der Waals surface area contributed by atoms with Gasteiger partial charge >= 0.3 is 0 Å². The number of methoxy groups -OCH3 is 2. The van der Waals surface area contributed by atoms with E-state index in [2.05, 4.69) is 15.4 Å². The summed E-state index contributed by atoms with van der Waals surface area (Å²) in [6, 6.07) is 7.62. The van der Waals surface area contributed by atoms with Crippen molar-refractivity contribution in [2.45, 2.75) is 19.8 Å². The minimum atomic E-state index is 0.600. The van der Waals surface area contributed by atoms with E-state index in [1.54, 1.807) is 14.2 Å². The first kappa shape index (κ1) is 15.1. The minimum absolute atomic E-state index is 0.600. The summed E-state index contributed by atoms with van der Waals surface area (Å²) < 4.78 is 10.5. The van der Waals surface area contributed by atoms with Crippen LogP contribution in [0.4, 0.5) is 5.82 Å². The zero-order valence-electron chi connectivity index (χ0n) is 12.5. The van der Waals surface area contributed by atoms with E-state index in [0.29, 0.717) is 23.7 Å². The molecule has 0 radical (unpaired) electrons. The van der Waals surface area contributed by atoms with Gasteiger partial charge in [-0.05, 0) is 24.1 Å². The van der Waals surface area contributed by atoms with Crippen LogP contribution in [0.1, 0.15) is 24.0 Å². The molecule has 3 N–H and O–H groups in total. The van der Waals surface area contributed by atoms with Gasteiger partial charge in [-0.25, -0.2) is 15.8 Å². The van der Waals surface area contributed by atoms with Crippen LogP contribution in [0.5, 0.6) is 11.5 Å². The van der Waals surface area contributed by atoms with Crippen LogP contribution in [0.25, 0.3) is 0 Å². The van der Waals surface area contributed by atoms with Crippen molar-refractivity contribution >= 4 is 5.82 Å². The van der Waals surface area contributed by atoms with Crippen molar-refractivity contribution in [1.82, 2.24) is 9.97 Å². The van der Waals surface area contributed by atoms with Crippen molar-refractivity contribution in [3.63, 3.8) is 0 Å². The van der Waals surface area contributed by atoms with Gasteiger partial charge in [-0.1, -0.05) is 13.0 Å². The third kappa shape index (κ3) is 3.61. The Morgan fingerprint density at radius 3 is 2.48 bits per heavy atom. The molecule has 0 unspecified atom stereocenters. The SMILES string of the molecule is CCc1cc(NN)nc(Cc2ccc(OC)c(OC)c2)n1. The molecule has 6 heteroatoms. The fourth-order valence-electron chi connectivity index (χ4n) is 2.06. The van der Waals surface area contributed by atoms with Gasteiger partial charge in [-0.15, -0.1) is 0 Å². The van der Waals surface area contributed by atoms with Gasteiger partial charge in [-0.3, -0.25) is 0 Å². The molecular formula is C15H20N4O2. The number of anilines is 1. The molecule has 0 amide bonds. The second kappa shape index (κ2) is 6.90. The topological polar surface area (TPSA) is 82.3 Å². The number of nitrogen functional groups attached to an aromatic ring is 1. The van der Waals surface area contributed by atoms with Crippen LogP contribution in [0.3, 0.4) is 0 Å². The van der Waals surface area contributed by atoms with Crippen LogP contribution in [0, 0.1) is 0 Å². The Kier molecular flexibility index (Phi) is 4.94. The summed E-state index contributed by atoms with van der Waals surface area (Å²) in [6.45, 7) is 2.04. The average molecular weight is 288 g/mol.